The van der Waals surface area contributed by atoms with Gasteiger partial charge in [0.15, 0.2) is 0 Å². The molecule has 0 spiro atoms. The molecule has 0 radical (unpaired) electrons. The summed E-state index contributed by atoms with van der Waals surface area (Å²) in [5.41, 5.74) is 2.42. The Balaban J connectivity index is 1.41. The predicted molar refractivity (Wildman–Crippen MR) is 144 cm³/mol. The predicted octanol–water partition coefficient (Wildman–Crippen LogP) is 5.93. The molecule has 0 saturated carbocycles. The Kier molecular flexibility index (Phi) is 8.83. The molecule has 9 heteroatoms. The maximum atomic E-state index is 12.9. The largest absolute Gasteiger partial charge is 0.497 e. The molecule has 1 heterocycles. The highest BCUT2D eigenvalue weighted by Gasteiger charge is 2.26. The van der Waals surface area contributed by atoms with E-state index >= 15 is 0 Å². The van der Waals surface area contributed by atoms with Gasteiger partial charge in [-0.15, -0.1) is 0 Å². The molecular formula is C30H30N2O7. The van der Waals surface area contributed by atoms with Crippen LogP contribution in [0.2, 0.25) is 0 Å². The number of oxazole rings is 1. The van der Waals surface area contributed by atoms with Crippen molar-refractivity contribution in [2.75, 3.05) is 20.3 Å². The van der Waals surface area contributed by atoms with E-state index in [-0.39, 0.29) is 5.75 Å². The van der Waals surface area contributed by atoms with E-state index in [2.05, 4.69) is 4.98 Å². The van der Waals surface area contributed by atoms with Crippen LogP contribution in [0.1, 0.15) is 30.0 Å². The van der Waals surface area contributed by atoms with Gasteiger partial charge in [-0.25, -0.2) is 9.78 Å². The minimum Gasteiger partial charge on any atom is -0.497 e. The second-order valence-corrected chi connectivity index (χ2v) is 8.80. The van der Waals surface area contributed by atoms with Crippen molar-refractivity contribution in [2.24, 2.45) is 0 Å². The van der Waals surface area contributed by atoms with Gasteiger partial charge in [-0.05, 0) is 67.9 Å². The zero-order valence-electron chi connectivity index (χ0n) is 22.0. The van der Waals surface area contributed by atoms with Gasteiger partial charge >= 0.3 is 12.1 Å². The second-order valence-electron chi connectivity index (χ2n) is 8.80. The zero-order chi connectivity index (χ0) is 27.8. The lowest BCUT2D eigenvalue weighted by Crippen LogP contribution is -2.39. The van der Waals surface area contributed by atoms with E-state index in [4.69, 9.17) is 18.6 Å². The fourth-order valence-corrected chi connectivity index (χ4v) is 3.98. The Bertz CT molecular complexity index is 1400. The monoisotopic (exact) mass is 530 g/mol. The fourth-order valence-electron chi connectivity index (χ4n) is 3.98. The molecule has 0 aliphatic carbocycles. The number of hydrogen-bond donors (Lipinski definition) is 1. The molecule has 202 valence electrons. The Morgan fingerprint density at radius 1 is 0.974 bits per heavy atom. The van der Waals surface area contributed by atoms with Gasteiger partial charge in [-0.1, -0.05) is 30.3 Å². The average Bonchev–Trinajstić information content (AvgIpc) is 3.32. The molecule has 0 fully saturated rings. The molecule has 3 aromatic carbocycles. The number of aromatic nitrogens is 1. The lowest BCUT2D eigenvalue weighted by Gasteiger charge is -2.27. The van der Waals surface area contributed by atoms with Crippen molar-refractivity contribution in [3.8, 4) is 28.7 Å². The van der Waals surface area contributed by atoms with Crippen molar-refractivity contribution in [1.82, 2.24) is 9.88 Å². The lowest BCUT2D eigenvalue weighted by molar-refractivity contribution is -0.138. The Morgan fingerprint density at radius 2 is 1.69 bits per heavy atom. The number of hydrogen-bond acceptors (Lipinski definition) is 7. The number of aryl methyl sites for hydroxylation is 1. The standard InChI is InChI=1S/C30H30N2O7/c1-20(32(19-28(33)34)30(35)39-25-14-12-24(36-3)13-15-25)23-10-7-11-26(18-23)37-17-16-27-21(2)38-29(31-27)22-8-5-4-6-9-22/h4-15,18,20H,16-17,19H2,1-3H3,(H,33,34)/t20-/m0/s1. The summed E-state index contributed by atoms with van der Waals surface area (Å²) in [4.78, 5) is 30.2. The van der Waals surface area contributed by atoms with Crippen molar-refractivity contribution in [3.63, 3.8) is 0 Å². The molecule has 0 bridgehead atoms. The van der Waals surface area contributed by atoms with Crippen molar-refractivity contribution in [3.05, 3.63) is 95.9 Å². The summed E-state index contributed by atoms with van der Waals surface area (Å²) in [6, 6.07) is 22.7. The van der Waals surface area contributed by atoms with Gasteiger partial charge in [0.25, 0.3) is 0 Å². The Hall–Kier alpha value is -4.79. The Labute approximate surface area is 226 Å². The van der Waals surface area contributed by atoms with Crippen molar-refractivity contribution >= 4 is 12.1 Å². The van der Waals surface area contributed by atoms with Crippen molar-refractivity contribution in [1.29, 1.82) is 0 Å². The molecule has 0 aliphatic rings. The van der Waals surface area contributed by atoms with E-state index in [1.54, 1.807) is 55.5 Å². The van der Waals surface area contributed by atoms with E-state index in [1.807, 2.05) is 37.3 Å². The molecule has 1 aromatic heterocycles. The van der Waals surface area contributed by atoms with Gasteiger partial charge < -0.3 is 23.7 Å². The van der Waals surface area contributed by atoms with E-state index in [0.717, 1.165) is 21.9 Å². The molecule has 1 N–H and O–H groups in total. The van der Waals surface area contributed by atoms with Crippen molar-refractivity contribution in [2.45, 2.75) is 26.3 Å². The number of benzene rings is 3. The van der Waals surface area contributed by atoms with Gasteiger partial charge in [-0.2, -0.15) is 0 Å². The van der Waals surface area contributed by atoms with E-state index in [9.17, 15) is 14.7 Å². The molecular weight excluding hydrogens is 500 g/mol. The maximum Gasteiger partial charge on any atom is 0.416 e. The highest BCUT2D eigenvalue weighted by Crippen LogP contribution is 2.27. The normalized spacial score (nSPS) is 11.5. The number of ether oxygens (including phenoxy) is 3. The first-order valence-electron chi connectivity index (χ1n) is 12.4. The van der Waals surface area contributed by atoms with E-state index < -0.39 is 24.6 Å². The summed E-state index contributed by atoms with van der Waals surface area (Å²) in [6.45, 7) is 3.44. The number of amides is 1. The number of rotatable bonds is 11. The van der Waals surface area contributed by atoms with Crippen molar-refractivity contribution < 1.29 is 33.3 Å². The highest BCUT2D eigenvalue weighted by atomic mass is 16.6. The van der Waals surface area contributed by atoms with Crippen LogP contribution in [-0.2, 0) is 11.2 Å². The SMILES string of the molecule is COc1ccc(OC(=O)N(CC(=O)O)[C@@H](C)c2cccc(OCCc3nc(-c4ccccc4)oc3C)c2)cc1. The summed E-state index contributed by atoms with van der Waals surface area (Å²) >= 11 is 0. The maximum absolute atomic E-state index is 12.9. The van der Waals surface area contributed by atoms with Gasteiger partial charge in [0, 0.05) is 12.0 Å². The first-order valence-corrected chi connectivity index (χ1v) is 12.4. The first kappa shape index (κ1) is 27.3. The van der Waals surface area contributed by atoms with Gasteiger partial charge in [0.1, 0.15) is 29.6 Å². The number of carboxylic acids is 1. The second kappa shape index (κ2) is 12.6. The third kappa shape index (κ3) is 7.16. The summed E-state index contributed by atoms with van der Waals surface area (Å²) in [5, 5.41) is 9.43. The summed E-state index contributed by atoms with van der Waals surface area (Å²) in [5.74, 6) is 1.62. The first-order chi connectivity index (χ1) is 18.8. The number of methoxy groups -OCH3 is 1. The van der Waals surface area contributed by atoms with Gasteiger partial charge in [-0.3, -0.25) is 9.69 Å². The topological polar surface area (TPSA) is 111 Å². The molecule has 1 amide bonds. The van der Waals surface area contributed by atoms with Crippen LogP contribution in [0.3, 0.4) is 0 Å². The summed E-state index contributed by atoms with van der Waals surface area (Å²) < 4.78 is 22.3. The van der Waals surface area contributed by atoms with Crippen LogP contribution in [0.5, 0.6) is 17.2 Å². The van der Waals surface area contributed by atoms with Crippen LogP contribution >= 0.6 is 0 Å². The van der Waals surface area contributed by atoms with E-state index in [1.165, 1.54) is 7.11 Å². The smallest absolute Gasteiger partial charge is 0.416 e. The summed E-state index contributed by atoms with van der Waals surface area (Å²) in [6.07, 6.45) is -0.238. The highest BCUT2D eigenvalue weighted by molar-refractivity contribution is 5.78. The number of aliphatic carboxylic acids is 1. The fraction of sp³-hybridized carbons (Fsp3) is 0.233. The summed E-state index contributed by atoms with van der Waals surface area (Å²) in [7, 11) is 1.53. The molecule has 0 unspecified atom stereocenters. The average molecular weight is 531 g/mol. The molecule has 0 saturated heterocycles. The zero-order valence-corrected chi connectivity index (χ0v) is 22.0. The minimum absolute atomic E-state index is 0.277. The number of carbonyl (C=O) groups is 2. The lowest BCUT2D eigenvalue weighted by atomic mass is 10.1. The van der Waals surface area contributed by atoms with Crippen LogP contribution in [0, 0.1) is 6.92 Å². The molecule has 9 nitrogen and oxygen atoms in total. The number of carboxylic acid groups (broad SMARTS) is 1. The number of nitrogens with zero attached hydrogens (tertiary/aromatic N) is 2. The molecule has 4 aromatic rings. The molecule has 4 rings (SSSR count). The molecule has 39 heavy (non-hydrogen) atoms. The number of carbonyl (C=O) groups excluding carboxylic acids is 1. The Morgan fingerprint density at radius 3 is 2.38 bits per heavy atom. The van der Waals surface area contributed by atoms with Crippen LogP contribution in [0.25, 0.3) is 11.5 Å². The van der Waals surface area contributed by atoms with Crippen LogP contribution in [0.15, 0.2) is 83.3 Å². The van der Waals surface area contributed by atoms with Crippen LogP contribution in [-0.4, -0.2) is 47.3 Å². The third-order valence-corrected chi connectivity index (χ3v) is 6.13. The van der Waals surface area contributed by atoms with Gasteiger partial charge in [0.2, 0.25) is 5.89 Å². The minimum atomic E-state index is -1.15. The van der Waals surface area contributed by atoms with Crippen LogP contribution < -0.4 is 14.2 Å². The third-order valence-electron chi connectivity index (χ3n) is 6.13. The van der Waals surface area contributed by atoms with E-state index in [0.29, 0.717) is 36.0 Å². The molecule has 1 atom stereocenters. The quantitative estimate of drug-likeness (QED) is 0.254. The van der Waals surface area contributed by atoms with Crippen LogP contribution in [0.4, 0.5) is 4.79 Å². The molecule has 0 aliphatic heterocycles. The van der Waals surface area contributed by atoms with Gasteiger partial charge in [0.05, 0.1) is 25.5 Å².